The van der Waals surface area contributed by atoms with E-state index in [0.717, 1.165) is 12.0 Å². The maximum Gasteiger partial charge on any atom is 0.337 e. The second kappa shape index (κ2) is 13.9. The molecule has 2 aliphatic heterocycles. The van der Waals surface area contributed by atoms with Crippen molar-refractivity contribution < 1.29 is 44.2 Å². The Morgan fingerprint density at radius 2 is 1.88 bits per heavy atom. The van der Waals surface area contributed by atoms with E-state index in [0.29, 0.717) is 18.5 Å². The van der Waals surface area contributed by atoms with E-state index >= 15 is 0 Å². The van der Waals surface area contributed by atoms with Crippen molar-refractivity contribution in [2.24, 2.45) is 11.8 Å². The van der Waals surface area contributed by atoms with E-state index in [1.165, 1.54) is 36.6 Å². The summed E-state index contributed by atoms with van der Waals surface area (Å²) in [7, 11) is 0. The number of ether oxygens (including phenoxy) is 2. The molecule has 2 aliphatic rings. The molecule has 3 heterocycles. The first kappa shape index (κ1) is 33.9. The van der Waals surface area contributed by atoms with Gasteiger partial charge in [-0.15, -0.1) is 0 Å². The number of allylic oxidation sites excluding steroid dienone is 1. The summed E-state index contributed by atoms with van der Waals surface area (Å²) in [5.41, 5.74) is -3.36. The summed E-state index contributed by atoms with van der Waals surface area (Å²) in [6.07, 6.45) is 0.418. The molecule has 1 fully saturated rings. The summed E-state index contributed by atoms with van der Waals surface area (Å²) in [6, 6.07) is 20.2. The molecule has 49 heavy (non-hydrogen) atoms. The number of hydrogen-bond donors (Lipinski definition) is 6. The molecule has 7 atom stereocenters. The van der Waals surface area contributed by atoms with E-state index in [-0.39, 0.29) is 51.8 Å². The molecule has 0 aliphatic carbocycles. The fourth-order valence-electron chi connectivity index (χ4n) is 6.27. The van der Waals surface area contributed by atoms with E-state index in [1.807, 2.05) is 36.4 Å². The maximum atomic E-state index is 13.3. The average Bonchev–Trinajstić information content (AvgIpc) is 3.08. The Morgan fingerprint density at radius 1 is 1.12 bits per heavy atom. The molecule has 0 radical (unpaired) electrons. The number of carboxylic acid groups (broad SMARTS) is 1. The largest absolute Gasteiger partial charge is 0.508 e. The van der Waals surface area contributed by atoms with Crippen LogP contribution in [0.25, 0.3) is 28.2 Å². The van der Waals surface area contributed by atoms with Crippen LogP contribution in [0.2, 0.25) is 0 Å². The van der Waals surface area contributed by atoms with Crippen molar-refractivity contribution in [3.05, 3.63) is 101 Å². The number of aromatic hydroxyl groups is 1. The lowest BCUT2D eigenvalue weighted by Gasteiger charge is -2.50. The number of aliphatic hydroxyl groups excluding tert-OH is 1. The smallest absolute Gasteiger partial charge is 0.337 e. The van der Waals surface area contributed by atoms with Crippen molar-refractivity contribution in [2.75, 3.05) is 13.1 Å². The Hall–Kier alpha value is -4.96. The molecule has 2 bridgehead atoms. The molecule has 11 heteroatoms. The fourth-order valence-corrected chi connectivity index (χ4v) is 6.27. The van der Waals surface area contributed by atoms with Crippen molar-refractivity contribution >= 4 is 23.0 Å². The molecule has 6 N–H and O–H groups in total. The Bertz CT molecular complexity index is 1960. The molecular formula is C38H37NO10. The second-order valence-electron chi connectivity index (χ2n) is 12.6. The van der Waals surface area contributed by atoms with Gasteiger partial charge in [0.2, 0.25) is 12.4 Å². The number of aliphatic carboxylic acids is 1. The van der Waals surface area contributed by atoms with Crippen LogP contribution in [-0.4, -0.2) is 74.3 Å². The highest BCUT2D eigenvalue weighted by molar-refractivity contribution is 5.82. The average molecular weight is 668 g/mol. The first-order valence-electron chi connectivity index (χ1n) is 15.9. The zero-order valence-corrected chi connectivity index (χ0v) is 26.7. The van der Waals surface area contributed by atoms with Gasteiger partial charge in [-0.3, -0.25) is 4.79 Å². The van der Waals surface area contributed by atoms with Crippen molar-refractivity contribution in [3.8, 4) is 34.5 Å². The number of phenols is 1. The van der Waals surface area contributed by atoms with Gasteiger partial charge < -0.3 is 44.7 Å². The van der Waals surface area contributed by atoms with E-state index in [2.05, 4.69) is 30.2 Å². The predicted molar refractivity (Wildman–Crippen MR) is 180 cm³/mol. The van der Waals surface area contributed by atoms with Gasteiger partial charge >= 0.3 is 5.97 Å². The van der Waals surface area contributed by atoms with Crippen LogP contribution in [0.15, 0.2) is 94.3 Å². The van der Waals surface area contributed by atoms with Gasteiger partial charge in [-0.25, -0.2) is 4.79 Å². The molecule has 6 rings (SSSR count). The van der Waals surface area contributed by atoms with Gasteiger partial charge in [0.25, 0.3) is 0 Å². The van der Waals surface area contributed by atoms with E-state index in [4.69, 9.17) is 13.9 Å². The number of hydrogen-bond acceptors (Lipinski definition) is 10. The van der Waals surface area contributed by atoms with Gasteiger partial charge in [-0.05, 0) is 60.2 Å². The SMILES string of the molecule is C[C@H](CC=Cc1ccccc1)[C@@H]1CC#C[C@]2(O)[C@@H](C(=O)O)O[C@@H](Oc3ccc4c(=O)c(-c5ccc(O)cc5)coc4c3)[C@@](O)(CNC1)[C@H]2O. The van der Waals surface area contributed by atoms with Gasteiger partial charge in [0, 0.05) is 19.0 Å². The normalized spacial score (nSPS) is 27.6. The van der Waals surface area contributed by atoms with Gasteiger partial charge in [-0.2, -0.15) is 0 Å². The molecule has 1 aromatic heterocycles. The van der Waals surface area contributed by atoms with Gasteiger partial charge in [0.1, 0.15) is 29.4 Å². The highest BCUT2D eigenvalue weighted by Crippen LogP contribution is 2.39. The number of benzene rings is 3. The van der Waals surface area contributed by atoms with E-state index < -0.39 is 35.7 Å². The molecule has 0 unspecified atom stereocenters. The third kappa shape index (κ3) is 6.83. The summed E-state index contributed by atoms with van der Waals surface area (Å²) >= 11 is 0. The van der Waals surface area contributed by atoms with Crippen LogP contribution in [-0.2, 0) is 9.53 Å². The highest BCUT2D eigenvalue weighted by Gasteiger charge is 2.65. The lowest BCUT2D eigenvalue weighted by molar-refractivity contribution is -0.328. The number of aliphatic hydroxyl groups is 3. The summed E-state index contributed by atoms with van der Waals surface area (Å²) < 4.78 is 17.4. The number of nitrogens with one attached hydrogen (secondary N) is 1. The lowest BCUT2D eigenvalue weighted by Crippen LogP contribution is -2.76. The number of fused-ring (bicyclic) bond motifs is 3. The molecule has 254 valence electrons. The van der Waals surface area contributed by atoms with Crippen LogP contribution in [0.5, 0.6) is 11.5 Å². The standard InChI is InChI=1S/C38H37NO10/c1-23(7-5-10-24-8-3-2-4-9-24)26-11-6-18-37(45)33(34(42)43)49-36(38(46,35(37)44)22-39-20-26)48-28-16-17-29-31(19-28)47-21-30(32(29)41)25-12-14-27(40)15-13-25/h2-5,8-10,12-17,19,21,23,26,33,35-36,39-40,44-46H,7,11,20,22H2,1H3,(H,42,43)/t23-,26-,33-,35+,36-,37+,38-/m1/s1. The van der Waals surface area contributed by atoms with Crippen molar-refractivity contribution in [3.63, 3.8) is 0 Å². The Kier molecular flexibility index (Phi) is 9.61. The minimum absolute atomic E-state index is 0.0353. The van der Waals surface area contributed by atoms with Crippen molar-refractivity contribution in [2.45, 2.75) is 49.5 Å². The predicted octanol–water partition coefficient (Wildman–Crippen LogP) is 3.53. The zero-order valence-electron chi connectivity index (χ0n) is 26.7. The van der Waals surface area contributed by atoms with Crippen molar-refractivity contribution in [1.82, 2.24) is 5.32 Å². The number of rotatable bonds is 8. The zero-order chi connectivity index (χ0) is 34.8. The van der Waals surface area contributed by atoms with Crippen LogP contribution < -0.4 is 15.5 Å². The molecule has 3 aromatic carbocycles. The molecule has 0 amide bonds. The minimum atomic E-state index is -2.67. The third-order valence-corrected chi connectivity index (χ3v) is 9.24. The Labute approximate surface area is 282 Å². The Balaban J connectivity index is 1.26. The molecular weight excluding hydrogens is 630 g/mol. The van der Waals surface area contributed by atoms with E-state index in [1.54, 1.807) is 12.1 Å². The number of carbonyl (C=O) groups is 1. The topological polar surface area (TPSA) is 179 Å². The summed E-state index contributed by atoms with van der Waals surface area (Å²) in [4.78, 5) is 25.6. The first-order chi connectivity index (χ1) is 23.5. The molecule has 0 spiro atoms. The van der Waals surface area contributed by atoms with Gasteiger partial charge in [-0.1, -0.05) is 73.4 Å². The Morgan fingerprint density at radius 3 is 2.61 bits per heavy atom. The fraction of sp³-hybridized carbons (Fsp3) is 0.316. The summed E-state index contributed by atoms with van der Waals surface area (Å²) in [6.45, 7) is 2.12. The third-order valence-electron chi connectivity index (χ3n) is 9.24. The minimum Gasteiger partial charge on any atom is -0.508 e. The van der Waals surface area contributed by atoms with Crippen molar-refractivity contribution in [1.29, 1.82) is 0 Å². The van der Waals surface area contributed by atoms with Crippen LogP contribution in [0, 0.1) is 23.7 Å². The van der Waals surface area contributed by atoms with Crippen LogP contribution >= 0.6 is 0 Å². The number of carboxylic acids is 1. The van der Waals surface area contributed by atoms with E-state index in [9.17, 15) is 35.1 Å². The van der Waals surface area contributed by atoms with Crippen LogP contribution in [0.1, 0.15) is 25.3 Å². The summed E-state index contributed by atoms with van der Waals surface area (Å²) in [5, 5.41) is 57.9. The molecule has 11 nitrogen and oxygen atoms in total. The second-order valence-corrected chi connectivity index (χ2v) is 12.6. The number of β-amino-alcohol motifs (C(OH)–C–C–N with tert-alkyl or cyclic N) is 1. The monoisotopic (exact) mass is 667 g/mol. The maximum absolute atomic E-state index is 13.3. The summed E-state index contributed by atoms with van der Waals surface area (Å²) in [5.74, 6) is 3.94. The van der Waals surface area contributed by atoms with Gasteiger partial charge in [0.05, 0.1) is 10.9 Å². The number of phenolic OH excluding ortho intramolecular Hbond substituents is 1. The molecule has 0 saturated carbocycles. The highest BCUT2D eigenvalue weighted by atomic mass is 16.7. The van der Waals surface area contributed by atoms with Gasteiger partial charge in [0.15, 0.2) is 16.6 Å². The van der Waals surface area contributed by atoms with Crippen LogP contribution in [0.4, 0.5) is 0 Å². The van der Waals surface area contributed by atoms with Crippen LogP contribution in [0.3, 0.4) is 0 Å². The lowest BCUT2D eigenvalue weighted by atomic mass is 9.75. The molecule has 1 saturated heterocycles. The first-order valence-corrected chi connectivity index (χ1v) is 15.9. The quantitative estimate of drug-likeness (QED) is 0.152. The molecule has 4 aromatic rings.